The van der Waals surface area contributed by atoms with Gasteiger partial charge < -0.3 is 9.15 Å². The maximum absolute atomic E-state index is 11.7. The quantitative estimate of drug-likeness (QED) is 0.512. The van der Waals surface area contributed by atoms with Crippen LogP contribution in [0.1, 0.15) is 39.2 Å². The number of fused-ring (bicyclic) bond motifs is 1. The molecule has 1 N–H and O–H groups in total. The molecule has 1 atom stereocenters. The Hall–Kier alpha value is -3.23. The van der Waals surface area contributed by atoms with Gasteiger partial charge in [0.15, 0.2) is 5.58 Å². The van der Waals surface area contributed by atoms with E-state index < -0.39 is 0 Å². The number of nitrogens with one attached hydrogen (secondary N) is 1. The average Bonchev–Trinajstić information content (AvgIpc) is 3.33. The topological polar surface area (TPSA) is 83.2 Å². The molecule has 0 saturated carbocycles. The molecule has 2 aromatic carbocycles. The summed E-state index contributed by atoms with van der Waals surface area (Å²) in [6, 6.07) is 14.4. The Bertz CT molecular complexity index is 1230. The molecule has 0 spiro atoms. The molecular weight excluding hydrogens is 454 g/mol. The largest absolute Gasteiger partial charge is 0.492 e. The van der Waals surface area contributed by atoms with Crippen LogP contribution in [0.5, 0.6) is 5.75 Å². The van der Waals surface area contributed by atoms with Crippen molar-refractivity contribution < 1.29 is 13.9 Å². The Labute approximate surface area is 212 Å². The van der Waals surface area contributed by atoms with Gasteiger partial charge in [0.05, 0.1) is 5.71 Å². The lowest BCUT2D eigenvalue weighted by Crippen LogP contribution is -2.49. The van der Waals surface area contributed by atoms with E-state index in [1.807, 2.05) is 42.5 Å². The van der Waals surface area contributed by atoms with Gasteiger partial charge in [-0.25, -0.2) is 10.4 Å². The minimum Gasteiger partial charge on any atom is -0.492 e. The van der Waals surface area contributed by atoms with E-state index in [-0.39, 0.29) is 11.8 Å². The van der Waals surface area contributed by atoms with E-state index in [9.17, 15) is 4.79 Å². The van der Waals surface area contributed by atoms with Crippen LogP contribution >= 0.6 is 0 Å². The Morgan fingerprint density at radius 3 is 2.56 bits per heavy atom. The normalized spacial score (nSPS) is 19.5. The van der Waals surface area contributed by atoms with E-state index in [0.717, 1.165) is 67.2 Å². The first-order chi connectivity index (χ1) is 17.5. The molecule has 8 heteroatoms. The van der Waals surface area contributed by atoms with Crippen LogP contribution in [0.2, 0.25) is 0 Å². The van der Waals surface area contributed by atoms with Crippen LogP contribution in [0.15, 0.2) is 52.0 Å². The fourth-order valence-electron chi connectivity index (χ4n) is 4.92. The summed E-state index contributed by atoms with van der Waals surface area (Å²) in [4.78, 5) is 21.4. The van der Waals surface area contributed by atoms with Crippen molar-refractivity contribution in [1.82, 2.24) is 20.2 Å². The Morgan fingerprint density at radius 2 is 1.83 bits per heavy atom. The molecule has 3 heterocycles. The lowest BCUT2D eigenvalue weighted by Gasteiger charge is -2.36. The predicted octanol–water partition coefficient (Wildman–Crippen LogP) is 4.15. The van der Waals surface area contributed by atoms with Crippen molar-refractivity contribution in [2.24, 2.45) is 11.0 Å². The molecule has 190 valence electrons. The number of nitrogens with zero attached hydrogens (tertiary/aromatic N) is 4. The van der Waals surface area contributed by atoms with Gasteiger partial charge in [0, 0.05) is 62.2 Å². The number of hydrogen-bond donors (Lipinski definition) is 1. The zero-order valence-corrected chi connectivity index (χ0v) is 21.4. The summed E-state index contributed by atoms with van der Waals surface area (Å²) < 4.78 is 12.1. The van der Waals surface area contributed by atoms with E-state index in [4.69, 9.17) is 9.15 Å². The van der Waals surface area contributed by atoms with Crippen molar-refractivity contribution in [3.63, 3.8) is 0 Å². The van der Waals surface area contributed by atoms with E-state index >= 15 is 0 Å². The molecule has 1 amide bonds. The summed E-state index contributed by atoms with van der Waals surface area (Å²) >= 11 is 0. The summed E-state index contributed by atoms with van der Waals surface area (Å²) in [6.07, 6.45) is 1.31. The molecule has 2 aliphatic rings. The lowest BCUT2D eigenvalue weighted by atomic mass is 9.90. The average molecular weight is 490 g/mol. The lowest BCUT2D eigenvalue weighted by molar-refractivity contribution is -0.122. The molecule has 36 heavy (non-hydrogen) atoms. The van der Waals surface area contributed by atoms with Gasteiger partial charge in [-0.2, -0.15) is 5.10 Å². The number of carbonyl (C=O) groups is 1. The van der Waals surface area contributed by atoms with E-state index in [1.165, 1.54) is 0 Å². The predicted molar refractivity (Wildman–Crippen MR) is 141 cm³/mol. The molecule has 1 unspecified atom stereocenters. The zero-order chi connectivity index (χ0) is 25.1. The fourth-order valence-corrected chi connectivity index (χ4v) is 4.92. The second-order valence-electron chi connectivity index (χ2n) is 9.89. The maximum atomic E-state index is 11.7. The fraction of sp³-hybridized carbons (Fsp3) is 0.464. The number of oxazole rings is 1. The van der Waals surface area contributed by atoms with E-state index in [2.05, 4.69) is 46.1 Å². The molecule has 8 nitrogen and oxygen atoms in total. The van der Waals surface area contributed by atoms with Crippen LogP contribution in [0.4, 0.5) is 0 Å². The van der Waals surface area contributed by atoms with Crippen molar-refractivity contribution in [1.29, 1.82) is 0 Å². The zero-order valence-electron chi connectivity index (χ0n) is 21.4. The van der Waals surface area contributed by atoms with Gasteiger partial charge in [-0.15, -0.1) is 0 Å². The number of benzene rings is 2. The van der Waals surface area contributed by atoms with Gasteiger partial charge in [-0.05, 0) is 56.7 Å². The maximum Gasteiger partial charge on any atom is 0.240 e. The molecule has 1 aromatic heterocycles. The second-order valence-corrected chi connectivity index (χ2v) is 9.89. The number of hydrazone groups is 1. The van der Waals surface area contributed by atoms with Gasteiger partial charge in [0.25, 0.3) is 0 Å². The number of hydrogen-bond acceptors (Lipinski definition) is 7. The van der Waals surface area contributed by atoms with Crippen LogP contribution in [0, 0.1) is 5.92 Å². The number of rotatable bonds is 8. The Balaban J connectivity index is 1.20. The smallest absolute Gasteiger partial charge is 0.240 e. The van der Waals surface area contributed by atoms with E-state index in [1.54, 1.807) is 0 Å². The summed E-state index contributed by atoms with van der Waals surface area (Å²) in [6.45, 7) is 12.7. The summed E-state index contributed by atoms with van der Waals surface area (Å²) in [5, 5.41) is 4.31. The third-order valence-electron chi connectivity index (χ3n) is 7.21. The van der Waals surface area contributed by atoms with Gasteiger partial charge in [-0.1, -0.05) is 13.0 Å². The number of aromatic nitrogens is 1. The molecule has 0 bridgehead atoms. The Morgan fingerprint density at radius 1 is 1.08 bits per heavy atom. The number of ether oxygens (including phenoxy) is 1. The van der Waals surface area contributed by atoms with Crippen LogP contribution in [0.3, 0.4) is 0 Å². The third-order valence-corrected chi connectivity index (χ3v) is 7.21. The van der Waals surface area contributed by atoms with Gasteiger partial charge in [-0.3, -0.25) is 14.6 Å². The first kappa shape index (κ1) is 24.5. The summed E-state index contributed by atoms with van der Waals surface area (Å²) in [7, 11) is 0. The molecule has 2 aliphatic heterocycles. The van der Waals surface area contributed by atoms with Gasteiger partial charge in [0.2, 0.25) is 11.8 Å². The van der Waals surface area contributed by atoms with Crippen LogP contribution < -0.4 is 10.2 Å². The third kappa shape index (κ3) is 5.44. The highest BCUT2D eigenvalue weighted by molar-refractivity contribution is 6.07. The highest BCUT2D eigenvalue weighted by Crippen LogP contribution is 2.28. The van der Waals surface area contributed by atoms with Crippen LogP contribution in [-0.4, -0.2) is 71.8 Å². The van der Waals surface area contributed by atoms with Crippen molar-refractivity contribution in [2.45, 2.75) is 39.7 Å². The van der Waals surface area contributed by atoms with Gasteiger partial charge >= 0.3 is 0 Å². The number of piperazine rings is 1. The van der Waals surface area contributed by atoms with Crippen molar-refractivity contribution in [3.8, 4) is 17.2 Å². The SMILES string of the molecule is CCC1CC(=O)NN=C1c1ccc2nc(-c3ccc(OCCN4CCN(C(C)C)CC4)cc3)oc2c1. The summed E-state index contributed by atoms with van der Waals surface area (Å²) in [5.74, 6) is 1.49. The monoisotopic (exact) mass is 489 g/mol. The van der Waals surface area contributed by atoms with Crippen molar-refractivity contribution in [2.75, 3.05) is 39.3 Å². The second kappa shape index (κ2) is 10.8. The molecule has 3 aromatic rings. The molecule has 1 fully saturated rings. The first-order valence-corrected chi connectivity index (χ1v) is 13.0. The van der Waals surface area contributed by atoms with Crippen molar-refractivity contribution >= 4 is 22.7 Å². The van der Waals surface area contributed by atoms with E-state index in [0.29, 0.717) is 30.5 Å². The molecule has 0 aliphatic carbocycles. The minimum atomic E-state index is -0.0365. The molecule has 1 saturated heterocycles. The highest BCUT2D eigenvalue weighted by atomic mass is 16.5. The summed E-state index contributed by atoms with van der Waals surface area (Å²) in [5.41, 5.74) is 6.84. The van der Waals surface area contributed by atoms with Crippen LogP contribution in [-0.2, 0) is 4.79 Å². The van der Waals surface area contributed by atoms with Crippen molar-refractivity contribution in [3.05, 3.63) is 48.0 Å². The molecule has 5 rings (SSSR count). The standard InChI is InChI=1S/C28H35N5O3/c1-4-20-18-26(34)30-31-27(20)22-7-10-24-25(17-22)36-28(29-24)21-5-8-23(9-6-21)35-16-15-32-11-13-33(14-12-32)19(2)3/h5-10,17,19-20H,4,11-16,18H2,1-3H3,(H,30,34). The molecule has 0 radical (unpaired) electrons. The first-order valence-electron chi connectivity index (χ1n) is 13.0. The Kier molecular flexibility index (Phi) is 7.34. The molecular formula is C28H35N5O3. The van der Waals surface area contributed by atoms with Crippen LogP contribution in [0.25, 0.3) is 22.6 Å². The van der Waals surface area contributed by atoms with Gasteiger partial charge in [0.1, 0.15) is 17.9 Å². The minimum absolute atomic E-state index is 0.0365. The highest BCUT2D eigenvalue weighted by Gasteiger charge is 2.25. The number of amides is 1. The number of carbonyl (C=O) groups excluding carboxylic acids is 1.